The fourth-order valence-electron chi connectivity index (χ4n) is 2.71. The number of benzene rings is 1. The summed E-state index contributed by atoms with van der Waals surface area (Å²) in [5, 5.41) is 2.94. The van der Waals surface area contributed by atoms with Crippen LogP contribution in [-0.2, 0) is 14.8 Å². The Morgan fingerprint density at radius 3 is 2.38 bits per heavy atom. The van der Waals surface area contributed by atoms with Gasteiger partial charge in [0.15, 0.2) is 0 Å². The van der Waals surface area contributed by atoms with Crippen LogP contribution in [-0.4, -0.2) is 65.3 Å². The number of rotatable bonds is 6. The average molecular weight is 355 g/mol. The van der Waals surface area contributed by atoms with E-state index in [0.717, 1.165) is 36.5 Å². The van der Waals surface area contributed by atoms with Crippen LogP contribution in [0.15, 0.2) is 24.3 Å². The maximum Gasteiger partial charge on any atom is 0.240 e. The number of piperidine rings is 1. The largest absolute Gasteiger partial charge is 0.497 e. The molecule has 0 radical (unpaired) electrons. The van der Waals surface area contributed by atoms with Crippen LogP contribution in [0.4, 0.5) is 5.69 Å². The Kier molecular flexibility index (Phi) is 6.06. The number of nitrogens with one attached hydrogen (secondary N) is 1. The number of hydrogen-bond donors (Lipinski definition) is 1. The Hall–Kier alpha value is -1.80. The zero-order valence-corrected chi connectivity index (χ0v) is 15.2. The molecule has 1 aromatic rings. The monoisotopic (exact) mass is 355 g/mol. The van der Waals surface area contributed by atoms with Crippen LogP contribution in [0, 0.1) is 0 Å². The molecule has 1 fully saturated rings. The minimum absolute atomic E-state index is 0.103. The number of nitrogens with zero attached hydrogens (tertiary/aromatic N) is 2. The second-order valence-electron chi connectivity index (χ2n) is 6.11. The smallest absolute Gasteiger partial charge is 0.240 e. The molecule has 24 heavy (non-hydrogen) atoms. The van der Waals surface area contributed by atoms with Crippen molar-refractivity contribution >= 4 is 21.6 Å². The summed E-state index contributed by atoms with van der Waals surface area (Å²) in [6.45, 7) is 1.63. The van der Waals surface area contributed by atoms with E-state index in [4.69, 9.17) is 4.74 Å². The molecule has 1 aromatic carbocycles. The summed E-state index contributed by atoms with van der Waals surface area (Å²) < 4.78 is 30.3. The molecule has 1 N–H and O–H groups in total. The van der Waals surface area contributed by atoms with Crippen molar-refractivity contribution in [1.29, 1.82) is 0 Å². The molecule has 8 heteroatoms. The molecule has 134 valence electrons. The maximum absolute atomic E-state index is 12.3. The van der Waals surface area contributed by atoms with Crippen molar-refractivity contribution in [2.45, 2.75) is 18.9 Å². The van der Waals surface area contributed by atoms with Gasteiger partial charge in [-0.2, -0.15) is 0 Å². The lowest BCUT2D eigenvalue weighted by atomic mass is 10.1. The van der Waals surface area contributed by atoms with Gasteiger partial charge in [-0.05, 0) is 57.2 Å². The van der Waals surface area contributed by atoms with E-state index in [2.05, 4.69) is 10.2 Å². The number of carbonyl (C=O) groups is 1. The molecule has 2 rings (SSSR count). The first-order chi connectivity index (χ1) is 11.3. The molecule has 0 bridgehead atoms. The molecule has 1 saturated heterocycles. The highest BCUT2D eigenvalue weighted by molar-refractivity contribution is 7.92. The lowest BCUT2D eigenvalue weighted by molar-refractivity contribution is -0.120. The topological polar surface area (TPSA) is 79.0 Å². The normalized spacial score (nSPS) is 16.6. The number of methoxy groups -OCH3 is 1. The first-order valence-corrected chi connectivity index (χ1v) is 9.74. The summed E-state index contributed by atoms with van der Waals surface area (Å²) in [6, 6.07) is 6.70. The third kappa shape index (κ3) is 5.10. The van der Waals surface area contributed by atoms with E-state index in [1.165, 1.54) is 0 Å². The molecule has 0 aliphatic carbocycles. The molecule has 0 unspecified atom stereocenters. The van der Waals surface area contributed by atoms with Gasteiger partial charge in [-0.3, -0.25) is 9.10 Å². The molecular weight excluding hydrogens is 330 g/mol. The van der Waals surface area contributed by atoms with Gasteiger partial charge in [-0.25, -0.2) is 8.42 Å². The predicted molar refractivity (Wildman–Crippen MR) is 93.8 cm³/mol. The highest BCUT2D eigenvalue weighted by Crippen LogP contribution is 2.21. The van der Waals surface area contributed by atoms with Crippen molar-refractivity contribution in [3.05, 3.63) is 24.3 Å². The Morgan fingerprint density at radius 2 is 1.88 bits per heavy atom. The van der Waals surface area contributed by atoms with Gasteiger partial charge in [0.25, 0.3) is 0 Å². The van der Waals surface area contributed by atoms with E-state index in [0.29, 0.717) is 11.4 Å². The molecule has 1 aliphatic rings. The molecule has 0 spiro atoms. The maximum atomic E-state index is 12.3. The zero-order valence-electron chi connectivity index (χ0n) is 14.4. The molecular formula is C16H25N3O4S. The Labute approximate surface area is 143 Å². The Bertz CT molecular complexity index is 652. The van der Waals surface area contributed by atoms with Gasteiger partial charge in [-0.15, -0.1) is 0 Å². The highest BCUT2D eigenvalue weighted by atomic mass is 32.2. The SMILES string of the molecule is COc1ccc(N(CC(=O)NC2CCN(C)CC2)S(C)(=O)=O)cc1. The number of likely N-dealkylation sites (tertiary alicyclic amines) is 1. The van der Waals surface area contributed by atoms with Gasteiger partial charge < -0.3 is 15.0 Å². The molecule has 0 saturated carbocycles. The number of carbonyl (C=O) groups excluding carboxylic acids is 1. The highest BCUT2D eigenvalue weighted by Gasteiger charge is 2.23. The number of ether oxygens (including phenoxy) is 1. The van der Waals surface area contributed by atoms with E-state index in [9.17, 15) is 13.2 Å². The fourth-order valence-corrected chi connectivity index (χ4v) is 3.56. The minimum Gasteiger partial charge on any atom is -0.497 e. The zero-order chi connectivity index (χ0) is 17.7. The number of anilines is 1. The van der Waals surface area contributed by atoms with E-state index in [1.54, 1.807) is 31.4 Å². The number of sulfonamides is 1. The van der Waals surface area contributed by atoms with Crippen LogP contribution in [0.25, 0.3) is 0 Å². The van der Waals surface area contributed by atoms with Crippen LogP contribution >= 0.6 is 0 Å². The van der Waals surface area contributed by atoms with Crippen LogP contribution in [0.1, 0.15) is 12.8 Å². The van der Waals surface area contributed by atoms with Gasteiger partial charge in [-0.1, -0.05) is 0 Å². The van der Waals surface area contributed by atoms with Crippen LogP contribution in [0.2, 0.25) is 0 Å². The first kappa shape index (κ1) is 18.5. The van der Waals surface area contributed by atoms with E-state index >= 15 is 0 Å². The molecule has 0 atom stereocenters. The van der Waals surface area contributed by atoms with Crippen molar-refractivity contribution in [3.8, 4) is 5.75 Å². The third-order valence-corrected chi connectivity index (χ3v) is 5.27. The second kappa shape index (κ2) is 7.85. The second-order valence-corrected chi connectivity index (χ2v) is 8.02. The van der Waals surface area contributed by atoms with Crippen LogP contribution in [0.3, 0.4) is 0 Å². The van der Waals surface area contributed by atoms with Crippen LogP contribution < -0.4 is 14.4 Å². The van der Waals surface area contributed by atoms with Gasteiger partial charge >= 0.3 is 0 Å². The fraction of sp³-hybridized carbons (Fsp3) is 0.562. The average Bonchev–Trinajstić information content (AvgIpc) is 2.54. The van der Waals surface area contributed by atoms with E-state index < -0.39 is 10.0 Å². The van der Waals surface area contributed by atoms with Gasteiger partial charge in [0, 0.05) is 6.04 Å². The van der Waals surface area contributed by atoms with Gasteiger partial charge in [0.1, 0.15) is 12.3 Å². The van der Waals surface area contributed by atoms with Gasteiger partial charge in [0.05, 0.1) is 19.1 Å². The summed E-state index contributed by atoms with van der Waals surface area (Å²) in [5.74, 6) is 0.341. The predicted octanol–water partition coefficient (Wildman–Crippen LogP) is 0.672. The van der Waals surface area contributed by atoms with Crippen molar-refractivity contribution in [2.24, 2.45) is 0 Å². The first-order valence-electron chi connectivity index (χ1n) is 7.89. The Morgan fingerprint density at radius 1 is 1.29 bits per heavy atom. The van der Waals surface area contributed by atoms with Crippen molar-refractivity contribution < 1.29 is 17.9 Å². The standard InChI is InChI=1S/C16H25N3O4S/c1-18-10-8-13(9-11-18)17-16(20)12-19(24(3,21)22)14-4-6-15(23-2)7-5-14/h4-7,13H,8-12H2,1-3H3,(H,17,20). The van der Waals surface area contributed by atoms with Crippen molar-refractivity contribution in [3.63, 3.8) is 0 Å². The summed E-state index contributed by atoms with van der Waals surface area (Å²) in [5.41, 5.74) is 0.442. The van der Waals surface area contributed by atoms with E-state index in [-0.39, 0.29) is 18.5 Å². The van der Waals surface area contributed by atoms with Crippen LogP contribution in [0.5, 0.6) is 5.75 Å². The third-order valence-electron chi connectivity index (χ3n) is 4.13. The van der Waals surface area contributed by atoms with E-state index in [1.807, 2.05) is 7.05 Å². The molecule has 0 aromatic heterocycles. The van der Waals surface area contributed by atoms with Gasteiger partial charge in [0.2, 0.25) is 15.9 Å². The molecule has 7 nitrogen and oxygen atoms in total. The summed E-state index contributed by atoms with van der Waals surface area (Å²) in [7, 11) is 0.0300. The molecule has 1 amide bonds. The molecule has 1 aliphatic heterocycles. The van der Waals surface area contributed by atoms with Crippen molar-refractivity contribution in [1.82, 2.24) is 10.2 Å². The Balaban J connectivity index is 2.04. The lowest BCUT2D eigenvalue weighted by Crippen LogP contribution is -2.47. The summed E-state index contributed by atoms with van der Waals surface area (Å²) in [6.07, 6.45) is 2.85. The number of hydrogen-bond acceptors (Lipinski definition) is 5. The minimum atomic E-state index is -3.56. The summed E-state index contributed by atoms with van der Waals surface area (Å²) in [4.78, 5) is 14.5. The number of amides is 1. The van der Waals surface area contributed by atoms with Crippen molar-refractivity contribution in [2.75, 3.05) is 44.4 Å². The summed E-state index contributed by atoms with van der Waals surface area (Å²) >= 11 is 0. The quantitative estimate of drug-likeness (QED) is 0.811. The molecule has 1 heterocycles. The lowest BCUT2D eigenvalue weighted by Gasteiger charge is -2.30.